The monoisotopic (exact) mass is 308 g/mol. The highest BCUT2D eigenvalue weighted by molar-refractivity contribution is 6.24. The Morgan fingerprint density at radius 3 is 2.13 bits per heavy atom. The summed E-state index contributed by atoms with van der Waals surface area (Å²) in [6.07, 6.45) is 2.03. The largest absolute Gasteiger partial charge is 0.385 e. The fraction of sp³-hybridized carbons (Fsp3) is 0.263. The number of benzene rings is 2. The number of fused-ring (bicyclic) bond motifs is 3. The average Bonchev–Trinajstić information content (AvgIpc) is 2.90. The van der Waals surface area contributed by atoms with E-state index < -0.39 is 0 Å². The molecule has 4 heteroatoms. The minimum absolute atomic E-state index is 0.0580. The molecule has 1 N–H and O–H groups in total. The van der Waals surface area contributed by atoms with E-state index in [1.54, 1.807) is 0 Å². The Morgan fingerprint density at radius 1 is 1.00 bits per heavy atom. The molecular formula is C19H20N2O2. The summed E-state index contributed by atoms with van der Waals surface area (Å²) in [6.45, 7) is 2.71. The van der Waals surface area contributed by atoms with Gasteiger partial charge in [-0.15, -0.1) is 0 Å². The number of oxime groups is 1. The van der Waals surface area contributed by atoms with Crippen LogP contribution in [0.5, 0.6) is 0 Å². The van der Waals surface area contributed by atoms with Crippen LogP contribution < -0.4 is 5.32 Å². The maximum atomic E-state index is 11.7. The maximum absolute atomic E-state index is 11.7. The lowest BCUT2D eigenvalue weighted by Crippen LogP contribution is -2.27. The fourth-order valence-electron chi connectivity index (χ4n) is 2.70. The number of unbranched alkanes of at least 4 members (excludes halogenated alkanes) is 1. The van der Waals surface area contributed by atoms with E-state index >= 15 is 0 Å². The summed E-state index contributed by atoms with van der Waals surface area (Å²) < 4.78 is 0. The summed E-state index contributed by atoms with van der Waals surface area (Å²) in [7, 11) is 0. The molecule has 1 aliphatic carbocycles. The minimum atomic E-state index is -0.137. The first-order valence-electron chi connectivity index (χ1n) is 7.97. The Hall–Kier alpha value is -2.62. The van der Waals surface area contributed by atoms with Crippen LogP contribution in [0.2, 0.25) is 0 Å². The van der Waals surface area contributed by atoms with Gasteiger partial charge in [0.05, 0.1) is 0 Å². The van der Waals surface area contributed by atoms with Crippen molar-refractivity contribution in [3.8, 4) is 11.1 Å². The number of hydrogen-bond acceptors (Lipinski definition) is 3. The lowest BCUT2D eigenvalue weighted by atomic mass is 10.1. The van der Waals surface area contributed by atoms with Gasteiger partial charge in [0.25, 0.3) is 5.91 Å². The number of nitrogens with one attached hydrogen (secondary N) is 1. The molecule has 0 spiro atoms. The van der Waals surface area contributed by atoms with Crippen LogP contribution in [0.4, 0.5) is 0 Å². The molecule has 0 heterocycles. The van der Waals surface area contributed by atoms with Gasteiger partial charge in [-0.25, -0.2) is 0 Å². The number of hydrogen-bond donors (Lipinski definition) is 1. The highest BCUT2D eigenvalue weighted by Gasteiger charge is 2.24. The summed E-state index contributed by atoms with van der Waals surface area (Å²) >= 11 is 0. The van der Waals surface area contributed by atoms with Crippen LogP contribution in [0, 0.1) is 0 Å². The average molecular weight is 308 g/mol. The smallest absolute Gasteiger partial charge is 0.260 e. The summed E-state index contributed by atoms with van der Waals surface area (Å²) in [5.74, 6) is -0.137. The van der Waals surface area contributed by atoms with Crippen LogP contribution in [0.3, 0.4) is 0 Å². The second-order valence-corrected chi connectivity index (χ2v) is 5.51. The molecule has 0 fully saturated rings. The minimum Gasteiger partial charge on any atom is -0.385 e. The van der Waals surface area contributed by atoms with Gasteiger partial charge in [0.1, 0.15) is 5.71 Å². The zero-order valence-electron chi connectivity index (χ0n) is 13.2. The number of amides is 1. The number of carbonyl (C=O) groups excluding carboxylic acids is 1. The first-order valence-corrected chi connectivity index (χ1v) is 7.97. The molecule has 0 radical (unpaired) electrons. The Bertz CT molecular complexity index is 690. The van der Waals surface area contributed by atoms with Gasteiger partial charge < -0.3 is 10.2 Å². The number of nitrogens with zero attached hydrogens (tertiary/aromatic N) is 1. The lowest BCUT2D eigenvalue weighted by molar-refractivity contribution is -0.125. The zero-order chi connectivity index (χ0) is 16.1. The molecule has 2 aromatic carbocycles. The van der Waals surface area contributed by atoms with E-state index in [1.807, 2.05) is 36.4 Å². The van der Waals surface area contributed by atoms with E-state index in [0.717, 1.165) is 40.8 Å². The van der Waals surface area contributed by atoms with Crippen LogP contribution in [0.1, 0.15) is 30.9 Å². The van der Waals surface area contributed by atoms with Crippen molar-refractivity contribution in [2.24, 2.45) is 5.16 Å². The molecule has 0 aliphatic heterocycles. The Kier molecular flexibility index (Phi) is 4.71. The fourth-order valence-corrected chi connectivity index (χ4v) is 2.70. The predicted molar refractivity (Wildman–Crippen MR) is 91.4 cm³/mol. The Balaban J connectivity index is 1.74. The highest BCUT2D eigenvalue weighted by Crippen LogP contribution is 2.36. The van der Waals surface area contributed by atoms with Gasteiger partial charge >= 0.3 is 0 Å². The molecule has 0 bridgehead atoms. The van der Waals surface area contributed by atoms with E-state index in [2.05, 4.69) is 29.5 Å². The lowest BCUT2D eigenvalue weighted by Gasteiger charge is -2.04. The molecule has 4 nitrogen and oxygen atoms in total. The topological polar surface area (TPSA) is 50.7 Å². The van der Waals surface area contributed by atoms with E-state index in [9.17, 15) is 4.79 Å². The normalized spacial score (nSPS) is 11.6. The summed E-state index contributed by atoms with van der Waals surface area (Å²) in [5, 5.41) is 7.04. The second-order valence-electron chi connectivity index (χ2n) is 5.51. The van der Waals surface area contributed by atoms with E-state index in [0.29, 0.717) is 6.54 Å². The van der Waals surface area contributed by atoms with Crippen molar-refractivity contribution in [3.63, 3.8) is 0 Å². The third kappa shape index (κ3) is 3.26. The van der Waals surface area contributed by atoms with Gasteiger partial charge in [-0.3, -0.25) is 4.79 Å². The van der Waals surface area contributed by atoms with Crippen LogP contribution in [0.15, 0.2) is 53.7 Å². The standard InChI is InChI=1S/C19H20N2O2/c1-2-3-12-20-18(22)13-23-21-19-16-10-6-4-8-14(16)15-9-5-7-11-17(15)19/h4-11H,2-3,12-13H2,1H3,(H,20,22). The summed E-state index contributed by atoms with van der Waals surface area (Å²) in [6, 6.07) is 16.2. The molecular weight excluding hydrogens is 288 g/mol. The molecule has 23 heavy (non-hydrogen) atoms. The number of rotatable bonds is 6. The van der Waals surface area contributed by atoms with Gasteiger partial charge in [-0.2, -0.15) is 0 Å². The molecule has 0 saturated heterocycles. The quantitative estimate of drug-likeness (QED) is 0.561. The van der Waals surface area contributed by atoms with E-state index in [4.69, 9.17) is 4.84 Å². The van der Waals surface area contributed by atoms with Crippen LogP contribution in [-0.4, -0.2) is 24.8 Å². The molecule has 118 valence electrons. The second kappa shape index (κ2) is 7.09. The van der Waals surface area contributed by atoms with Crippen molar-refractivity contribution >= 4 is 11.6 Å². The van der Waals surface area contributed by atoms with Gasteiger partial charge in [0, 0.05) is 17.7 Å². The first-order chi connectivity index (χ1) is 11.3. The van der Waals surface area contributed by atoms with E-state index in [1.165, 1.54) is 0 Å². The maximum Gasteiger partial charge on any atom is 0.260 e. The van der Waals surface area contributed by atoms with Crippen molar-refractivity contribution in [2.75, 3.05) is 13.2 Å². The Morgan fingerprint density at radius 2 is 1.57 bits per heavy atom. The molecule has 0 atom stereocenters. The van der Waals surface area contributed by atoms with E-state index in [-0.39, 0.29) is 12.5 Å². The Labute approximate surface area is 136 Å². The molecule has 0 aromatic heterocycles. The van der Waals surface area contributed by atoms with Crippen molar-refractivity contribution in [3.05, 3.63) is 59.7 Å². The number of carbonyl (C=O) groups is 1. The van der Waals surface area contributed by atoms with Crippen LogP contribution in [-0.2, 0) is 9.63 Å². The van der Waals surface area contributed by atoms with Crippen molar-refractivity contribution < 1.29 is 9.63 Å². The third-order valence-corrected chi connectivity index (χ3v) is 3.86. The summed E-state index contributed by atoms with van der Waals surface area (Å²) in [4.78, 5) is 17.0. The predicted octanol–water partition coefficient (Wildman–Crippen LogP) is 3.35. The molecule has 3 rings (SSSR count). The van der Waals surface area contributed by atoms with Crippen molar-refractivity contribution in [2.45, 2.75) is 19.8 Å². The van der Waals surface area contributed by atoms with Gasteiger partial charge in [-0.05, 0) is 17.5 Å². The molecule has 0 unspecified atom stereocenters. The van der Waals surface area contributed by atoms with Gasteiger partial charge in [0.15, 0.2) is 6.61 Å². The SMILES string of the molecule is CCCCNC(=O)CON=C1c2ccccc2-c2ccccc21. The zero-order valence-corrected chi connectivity index (χ0v) is 13.2. The van der Waals surface area contributed by atoms with Crippen LogP contribution >= 0.6 is 0 Å². The van der Waals surface area contributed by atoms with Gasteiger partial charge in [0.2, 0.25) is 0 Å². The van der Waals surface area contributed by atoms with Gasteiger partial charge in [-0.1, -0.05) is 67.0 Å². The summed E-state index contributed by atoms with van der Waals surface area (Å²) in [5.41, 5.74) is 5.17. The first kappa shape index (κ1) is 15.3. The highest BCUT2D eigenvalue weighted by atomic mass is 16.6. The van der Waals surface area contributed by atoms with Crippen LogP contribution in [0.25, 0.3) is 11.1 Å². The van der Waals surface area contributed by atoms with Crippen molar-refractivity contribution in [1.29, 1.82) is 0 Å². The molecule has 2 aromatic rings. The van der Waals surface area contributed by atoms with Crippen molar-refractivity contribution in [1.82, 2.24) is 5.32 Å². The molecule has 1 aliphatic rings. The molecule has 0 saturated carbocycles. The third-order valence-electron chi connectivity index (χ3n) is 3.86. The molecule has 1 amide bonds.